The fourth-order valence-corrected chi connectivity index (χ4v) is 6.51. The summed E-state index contributed by atoms with van der Waals surface area (Å²) < 4.78 is 0. The van der Waals surface area contributed by atoms with Crippen LogP contribution in [0.1, 0.15) is 117 Å². The van der Waals surface area contributed by atoms with Crippen LogP contribution < -0.4 is 32.1 Å². The molecule has 0 saturated heterocycles. The third kappa shape index (κ3) is 15.7. The molecule has 4 heterocycles. The fraction of sp³-hybridized carbons (Fsp3) is 0.423. The van der Waals surface area contributed by atoms with Crippen LogP contribution in [0.25, 0.3) is 0 Å². The van der Waals surface area contributed by atoms with Crippen LogP contribution in [-0.4, -0.2) is 53.4 Å². The molecule has 68 heavy (non-hydrogen) atoms. The molecule has 4 aromatic heterocycles. The number of nitrogens with zero attached hydrogens (tertiary/aromatic N) is 6. The lowest BCUT2D eigenvalue weighted by atomic mass is 9.96. The zero-order chi connectivity index (χ0) is 50.2. The number of benzene rings is 1. The van der Waals surface area contributed by atoms with Gasteiger partial charge in [-0.05, 0) is 71.8 Å². The normalized spacial score (nSPS) is 12.2. The molecule has 0 unspecified atom stereocenters. The van der Waals surface area contributed by atoms with E-state index in [1.165, 1.54) is 0 Å². The van der Waals surface area contributed by atoms with E-state index in [-0.39, 0.29) is 68.6 Å². The number of amides is 4. The minimum atomic E-state index is -0.636. The van der Waals surface area contributed by atoms with Gasteiger partial charge in [-0.1, -0.05) is 113 Å². The molecule has 5 rings (SSSR count). The maximum Gasteiger partial charge on any atom is 0.230 e. The molecular formula is C52H68N11O5-. The molecule has 0 fully saturated rings. The van der Waals surface area contributed by atoms with Crippen LogP contribution in [0.2, 0.25) is 0 Å². The number of pyridine rings is 4. The van der Waals surface area contributed by atoms with Crippen molar-refractivity contribution in [3.05, 3.63) is 119 Å². The summed E-state index contributed by atoms with van der Waals surface area (Å²) in [4.78, 5) is 74.6. The van der Waals surface area contributed by atoms with E-state index in [0.717, 1.165) is 0 Å². The smallest absolute Gasteiger partial charge is 0.230 e. The SMILES string of the molecule is CC(C)(C)C(=O)Nc1cccc(CN(Cc2cccc(NC(=O)C(C)(C)C)n2)Cc2cc(N)cc(CN(Cc3cccc(NC(=O)C(C)(C)C)n3)Cc3cccc(NC(=O)C(C)(C)C)n3)c2[O-])n1. The van der Waals surface area contributed by atoms with E-state index in [0.29, 0.717) is 62.9 Å². The number of carbonyl (C=O) groups excluding carboxylic acids is 4. The number of rotatable bonds is 16. The lowest BCUT2D eigenvalue weighted by Gasteiger charge is -2.29. The van der Waals surface area contributed by atoms with Gasteiger partial charge in [-0.25, -0.2) is 19.9 Å². The highest BCUT2D eigenvalue weighted by Gasteiger charge is 2.25. The molecule has 16 nitrogen and oxygen atoms in total. The second-order valence-electron chi connectivity index (χ2n) is 21.3. The van der Waals surface area contributed by atoms with E-state index < -0.39 is 21.7 Å². The Morgan fingerprint density at radius 3 is 0.897 bits per heavy atom. The van der Waals surface area contributed by atoms with Crippen LogP contribution in [-0.2, 0) is 58.4 Å². The highest BCUT2D eigenvalue weighted by Crippen LogP contribution is 2.29. The first-order valence-electron chi connectivity index (χ1n) is 22.7. The molecule has 16 heteroatoms. The summed E-state index contributed by atoms with van der Waals surface area (Å²) in [5.41, 5.74) is 7.87. The molecule has 0 radical (unpaired) electrons. The predicted molar refractivity (Wildman–Crippen MR) is 265 cm³/mol. The number of hydrogen-bond acceptors (Lipinski definition) is 12. The van der Waals surface area contributed by atoms with Crippen LogP contribution in [0.3, 0.4) is 0 Å². The summed E-state index contributed by atoms with van der Waals surface area (Å²) in [5.74, 6) is 0.663. The predicted octanol–water partition coefficient (Wildman–Crippen LogP) is 8.27. The number of nitrogens with one attached hydrogen (secondary N) is 4. The van der Waals surface area contributed by atoms with Gasteiger partial charge in [0.25, 0.3) is 0 Å². The van der Waals surface area contributed by atoms with E-state index in [2.05, 4.69) is 21.3 Å². The Bertz CT molecular complexity index is 2280. The Balaban J connectivity index is 1.50. The van der Waals surface area contributed by atoms with Gasteiger partial charge < -0.3 is 32.1 Å². The standard InChI is InChI=1S/C52H69N11O5/c1-49(2,3)45(65)58-40-21-13-17-36(54-40)29-62(30-37-18-14-22-41(55-37)59-46(66)50(4,5)6)27-33-25-35(53)26-34(44(33)64)28-63(31-38-19-15-23-42(56-38)60-47(67)51(7,8)9)32-39-20-16-24-43(57-39)61-48(68)52(10,11)12/h13-26,64H,27-32,53H2,1-12H3,(H,54,58,65)(H,55,59,66)(H,56,60,67)(H,57,61,68)/p-1. The molecule has 1 aromatic carbocycles. The van der Waals surface area contributed by atoms with Crippen LogP contribution in [0.4, 0.5) is 29.0 Å². The van der Waals surface area contributed by atoms with Crippen LogP contribution in [0, 0.1) is 21.7 Å². The summed E-state index contributed by atoms with van der Waals surface area (Å²) in [7, 11) is 0. The van der Waals surface area contributed by atoms with E-state index in [4.69, 9.17) is 25.7 Å². The molecule has 0 aliphatic rings. The lowest BCUT2D eigenvalue weighted by molar-refractivity contribution is -0.271. The first kappa shape index (κ1) is 52.2. The quantitative estimate of drug-likeness (QED) is 0.0590. The van der Waals surface area contributed by atoms with Crippen LogP contribution in [0.15, 0.2) is 84.9 Å². The van der Waals surface area contributed by atoms with Gasteiger partial charge in [0.05, 0.1) is 22.8 Å². The van der Waals surface area contributed by atoms with Gasteiger partial charge in [0.2, 0.25) is 23.6 Å². The Hall–Kier alpha value is -6.78. The second kappa shape index (κ2) is 21.5. The van der Waals surface area contributed by atoms with Crippen molar-refractivity contribution in [1.82, 2.24) is 29.7 Å². The molecule has 0 spiro atoms. The second-order valence-corrected chi connectivity index (χ2v) is 21.3. The minimum absolute atomic E-state index is 0.144. The monoisotopic (exact) mass is 927 g/mol. The Morgan fingerprint density at radius 2 is 0.676 bits per heavy atom. The molecule has 5 aromatic rings. The summed E-state index contributed by atoms with van der Waals surface area (Å²) in [6, 6.07) is 24.9. The topological polar surface area (TPSA) is 224 Å². The Labute approximate surface area is 401 Å². The minimum Gasteiger partial charge on any atom is -0.872 e. The van der Waals surface area contributed by atoms with Crippen LogP contribution >= 0.6 is 0 Å². The van der Waals surface area contributed by atoms with Gasteiger partial charge in [0.1, 0.15) is 23.3 Å². The molecule has 0 saturated carbocycles. The summed E-state index contributed by atoms with van der Waals surface area (Å²) >= 11 is 0. The van der Waals surface area contributed by atoms with Crippen molar-refractivity contribution in [3.8, 4) is 5.75 Å². The Morgan fingerprint density at radius 1 is 0.441 bits per heavy atom. The molecule has 0 bridgehead atoms. The van der Waals surface area contributed by atoms with Crippen molar-refractivity contribution < 1.29 is 24.3 Å². The number of nitrogen functional groups attached to an aromatic ring is 1. The van der Waals surface area contributed by atoms with Crippen molar-refractivity contribution in [2.75, 3.05) is 27.0 Å². The van der Waals surface area contributed by atoms with E-state index >= 15 is 0 Å². The van der Waals surface area contributed by atoms with Gasteiger partial charge in [-0.3, -0.25) is 29.0 Å². The number of nitrogens with two attached hydrogens (primary N) is 1. The summed E-state index contributed by atoms with van der Waals surface area (Å²) in [6.07, 6.45) is 0. The molecule has 6 N–H and O–H groups in total. The molecule has 362 valence electrons. The van der Waals surface area contributed by atoms with Gasteiger partial charge in [-0.15, -0.1) is 0 Å². The average Bonchev–Trinajstić information content (AvgIpc) is 3.21. The fourth-order valence-electron chi connectivity index (χ4n) is 6.51. The van der Waals surface area contributed by atoms with Gasteiger partial charge in [-0.2, -0.15) is 0 Å². The summed E-state index contributed by atoms with van der Waals surface area (Å²) in [6.45, 7) is 23.2. The third-order valence-corrected chi connectivity index (χ3v) is 10.5. The number of anilines is 5. The highest BCUT2D eigenvalue weighted by atomic mass is 16.3. The molecular weight excluding hydrogens is 859 g/mol. The highest BCUT2D eigenvalue weighted by molar-refractivity contribution is 5.95. The first-order valence-corrected chi connectivity index (χ1v) is 22.7. The Kier molecular flexibility index (Phi) is 16.5. The third-order valence-electron chi connectivity index (χ3n) is 10.5. The first-order chi connectivity index (χ1) is 31.6. The van der Waals surface area contributed by atoms with Gasteiger partial charge in [0, 0.05) is 66.6 Å². The van der Waals surface area contributed by atoms with Crippen molar-refractivity contribution in [2.45, 2.75) is 122 Å². The lowest BCUT2D eigenvalue weighted by Crippen LogP contribution is -2.29. The zero-order valence-electron chi connectivity index (χ0n) is 41.6. The van der Waals surface area contributed by atoms with E-state index in [1.54, 1.807) is 36.4 Å². The van der Waals surface area contributed by atoms with Crippen molar-refractivity contribution in [1.29, 1.82) is 0 Å². The van der Waals surface area contributed by atoms with Crippen molar-refractivity contribution in [3.63, 3.8) is 0 Å². The average molecular weight is 927 g/mol. The maximum atomic E-state index is 14.7. The molecule has 0 atom stereocenters. The van der Waals surface area contributed by atoms with Gasteiger partial charge >= 0.3 is 0 Å². The summed E-state index contributed by atoms with van der Waals surface area (Å²) in [5, 5.41) is 26.3. The molecule has 0 aliphatic heterocycles. The van der Waals surface area contributed by atoms with E-state index in [9.17, 15) is 24.3 Å². The van der Waals surface area contributed by atoms with Crippen molar-refractivity contribution >= 4 is 52.6 Å². The number of aromatic nitrogens is 4. The zero-order valence-corrected chi connectivity index (χ0v) is 41.6. The van der Waals surface area contributed by atoms with Gasteiger partial charge in [0.15, 0.2) is 0 Å². The molecule has 4 amide bonds. The maximum absolute atomic E-state index is 14.7. The molecule has 0 aliphatic carbocycles. The van der Waals surface area contributed by atoms with Crippen molar-refractivity contribution in [2.24, 2.45) is 21.7 Å². The number of hydrogen-bond donors (Lipinski definition) is 5. The van der Waals surface area contributed by atoms with Crippen LogP contribution in [0.5, 0.6) is 5.75 Å². The van der Waals surface area contributed by atoms with E-state index in [1.807, 2.05) is 141 Å². The number of carbonyl (C=O) groups is 4. The largest absolute Gasteiger partial charge is 0.872 e.